The predicted octanol–water partition coefficient (Wildman–Crippen LogP) is 3.92. The van der Waals surface area contributed by atoms with Crippen LogP contribution in [-0.4, -0.2) is 10.4 Å². The van der Waals surface area contributed by atoms with Gasteiger partial charge in [-0.3, -0.25) is 4.79 Å². The molecule has 1 atom stereocenters. The molecule has 1 aromatic carbocycles. The average Bonchev–Trinajstić information content (AvgIpc) is 2.65. The Hall–Kier alpha value is -1.83. The van der Waals surface area contributed by atoms with Gasteiger partial charge in [0.15, 0.2) is 5.78 Å². The Morgan fingerprint density at radius 1 is 1.17 bits per heavy atom. The van der Waals surface area contributed by atoms with Crippen molar-refractivity contribution in [2.24, 2.45) is 0 Å². The summed E-state index contributed by atoms with van der Waals surface area (Å²) < 4.78 is 2.23. The fraction of sp³-hybridized carbons (Fsp3) is 0.312. The number of carbonyl (C=O) groups is 1. The summed E-state index contributed by atoms with van der Waals surface area (Å²) >= 11 is 0. The smallest absolute Gasteiger partial charge is 0.161 e. The van der Waals surface area contributed by atoms with E-state index in [1.807, 2.05) is 31.2 Å². The number of hydrogen-bond donors (Lipinski definition) is 0. The van der Waals surface area contributed by atoms with Crippen molar-refractivity contribution in [3.8, 4) is 0 Å². The molecule has 0 saturated carbocycles. The van der Waals surface area contributed by atoms with Crippen LogP contribution in [0.2, 0.25) is 0 Å². The first-order chi connectivity index (χ1) is 8.52. The van der Waals surface area contributed by atoms with E-state index in [9.17, 15) is 4.79 Å². The van der Waals surface area contributed by atoms with E-state index in [4.69, 9.17) is 0 Å². The summed E-state index contributed by atoms with van der Waals surface area (Å²) in [5, 5.41) is 0. The number of ketones is 1. The summed E-state index contributed by atoms with van der Waals surface area (Å²) in [5.41, 5.74) is 4.27. The summed E-state index contributed by atoms with van der Waals surface area (Å²) in [4.78, 5) is 11.6. The highest BCUT2D eigenvalue weighted by atomic mass is 16.1. The summed E-state index contributed by atoms with van der Waals surface area (Å²) in [5.74, 6) is 0.134. The van der Waals surface area contributed by atoms with Gasteiger partial charge in [-0.15, -0.1) is 0 Å². The third-order valence-corrected chi connectivity index (χ3v) is 3.53. The van der Waals surface area contributed by atoms with Crippen molar-refractivity contribution < 1.29 is 4.79 Å². The van der Waals surface area contributed by atoms with E-state index in [1.165, 1.54) is 5.56 Å². The van der Waals surface area contributed by atoms with E-state index in [0.29, 0.717) is 0 Å². The standard InChI is InChI=1S/C16H19NO/c1-11-10-16(14(4)18)13(3)17(11)12(2)15-8-6-5-7-9-15/h5-10,12H,1-4H3/t12-/m0/s1. The maximum Gasteiger partial charge on any atom is 0.161 e. The van der Waals surface area contributed by atoms with Gasteiger partial charge in [0, 0.05) is 17.0 Å². The lowest BCUT2D eigenvalue weighted by atomic mass is 10.1. The topological polar surface area (TPSA) is 22.0 Å². The molecule has 0 saturated heterocycles. The van der Waals surface area contributed by atoms with Gasteiger partial charge >= 0.3 is 0 Å². The minimum Gasteiger partial charge on any atom is -0.341 e. The van der Waals surface area contributed by atoms with E-state index in [1.54, 1.807) is 6.92 Å². The number of aryl methyl sites for hydroxylation is 1. The minimum absolute atomic E-state index is 0.134. The highest BCUT2D eigenvalue weighted by Crippen LogP contribution is 2.25. The molecule has 0 aliphatic carbocycles. The molecule has 1 heterocycles. The Labute approximate surface area is 108 Å². The molecule has 94 valence electrons. The molecular weight excluding hydrogens is 222 g/mol. The quantitative estimate of drug-likeness (QED) is 0.747. The third-order valence-electron chi connectivity index (χ3n) is 3.53. The van der Waals surface area contributed by atoms with E-state index in [0.717, 1.165) is 17.0 Å². The Bertz CT molecular complexity index is 566. The van der Waals surface area contributed by atoms with Crippen LogP contribution in [0.4, 0.5) is 0 Å². The van der Waals surface area contributed by atoms with Crippen LogP contribution in [0.3, 0.4) is 0 Å². The highest BCUT2D eigenvalue weighted by Gasteiger charge is 2.17. The Morgan fingerprint density at radius 2 is 1.78 bits per heavy atom. The Balaban J connectivity index is 2.49. The maximum atomic E-state index is 11.6. The first kappa shape index (κ1) is 12.6. The van der Waals surface area contributed by atoms with Gasteiger partial charge in [-0.1, -0.05) is 30.3 Å². The van der Waals surface area contributed by atoms with Gasteiger partial charge < -0.3 is 4.57 Å². The molecule has 0 bridgehead atoms. The summed E-state index contributed by atoms with van der Waals surface area (Å²) in [6, 6.07) is 12.6. The average molecular weight is 241 g/mol. The lowest BCUT2D eigenvalue weighted by molar-refractivity contribution is 0.101. The normalized spacial score (nSPS) is 12.4. The molecule has 0 aliphatic heterocycles. The SMILES string of the molecule is CC(=O)c1cc(C)n([C@@H](C)c2ccccc2)c1C. The molecule has 2 heteroatoms. The van der Waals surface area contributed by atoms with Crippen molar-refractivity contribution in [1.82, 2.24) is 4.57 Å². The van der Waals surface area contributed by atoms with Crippen molar-refractivity contribution in [3.63, 3.8) is 0 Å². The first-order valence-corrected chi connectivity index (χ1v) is 6.26. The number of carbonyl (C=O) groups excluding carboxylic acids is 1. The maximum absolute atomic E-state index is 11.6. The van der Waals surface area contributed by atoms with Crippen molar-refractivity contribution in [2.45, 2.75) is 33.7 Å². The third kappa shape index (κ3) is 2.10. The molecule has 0 spiro atoms. The van der Waals surface area contributed by atoms with Gasteiger partial charge in [-0.05, 0) is 39.3 Å². The van der Waals surface area contributed by atoms with Gasteiger partial charge in [0.2, 0.25) is 0 Å². The van der Waals surface area contributed by atoms with Gasteiger partial charge in [0.1, 0.15) is 0 Å². The van der Waals surface area contributed by atoms with Gasteiger partial charge in [-0.2, -0.15) is 0 Å². The number of nitrogens with zero attached hydrogens (tertiary/aromatic N) is 1. The number of benzene rings is 1. The molecule has 0 fully saturated rings. The molecule has 2 nitrogen and oxygen atoms in total. The second-order valence-electron chi connectivity index (χ2n) is 4.80. The zero-order valence-corrected chi connectivity index (χ0v) is 11.4. The molecular formula is C16H19NO. The second kappa shape index (κ2) is 4.81. The number of hydrogen-bond acceptors (Lipinski definition) is 1. The van der Waals surface area contributed by atoms with Crippen LogP contribution in [-0.2, 0) is 0 Å². The molecule has 1 aromatic heterocycles. The molecule has 0 aliphatic rings. The molecule has 0 N–H and O–H groups in total. The van der Waals surface area contributed by atoms with Gasteiger partial charge in [-0.25, -0.2) is 0 Å². The Kier molecular flexibility index (Phi) is 3.37. The van der Waals surface area contributed by atoms with E-state index in [2.05, 4.69) is 30.5 Å². The number of Topliss-reactive ketones (excluding diaryl/α,β-unsaturated/α-hetero) is 1. The van der Waals surface area contributed by atoms with E-state index in [-0.39, 0.29) is 11.8 Å². The fourth-order valence-electron chi connectivity index (χ4n) is 2.61. The lowest BCUT2D eigenvalue weighted by Gasteiger charge is -2.19. The van der Waals surface area contributed by atoms with Crippen LogP contribution in [0.1, 0.15) is 47.2 Å². The van der Waals surface area contributed by atoms with Crippen molar-refractivity contribution in [1.29, 1.82) is 0 Å². The van der Waals surface area contributed by atoms with Crippen LogP contribution >= 0.6 is 0 Å². The predicted molar refractivity (Wildman–Crippen MR) is 74.2 cm³/mol. The zero-order valence-electron chi connectivity index (χ0n) is 11.4. The summed E-state index contributed by atoms with van der Waals surface area (Å²) in [6.07, 6.45) is 0. The molecule has 2 aromatic rings. The largest absolute Gasteiger partial charge is 0.341 e. The summed E-state index contributed by atoms with van der Waals surface area (Å²) in [6.45, 7) is 7.86. The molecule has 0 radical (unpaired) electrons. The van der Waals surface area contributed by atoms with Crippen LogP contribution in [0.5, 0.6) is 0 Å². The van der Waals surface area contributed by atoms with E-state index >= 15 is 0 Å². The first-order valence-electron chi connectivity index (χ1n) is 6.26. The van der Waals surface area contributed by atoms with Gasteiger partial charge in [0.25, 0.3) is 0 Å². The van der Waals surface area contributed by atoms with Crippen molar-refractivity contribution in [3.05, 3.63) is 58.9 Å². The zero-order chi connectivity index (χ0) is 13.3. The molecule has 18 heavy (non-hydrogen) atoms. The Morgan fingerprint density at radius 3 is 2.28 bits per heavy atom. The van der Waals surface area contributed by atoms with Crippen LogP contribution < -0.4 is 0 Å². The van der Waals surface area contributed by atoms with Crippen LogP contribution in [0.25, 0.3) is 0 Å². The lowest BCUT2D eigenvalue weighted by Crippen LogP contribution is -2.10. The minimum atomic E-state index is 0.134. The van der Waals surface area contributed by atoms with E-state index < -0.39 is 0 Å². The van der Waals surface area contributed by atoms with Crippen molar-refractivity contribution >= 4 is 5.78 Å². The fourth-order valence-corrected chi connectivity index (χ4v) is 2.61. The number of aromatic nitrogens is 1. The van der Waals surface area contributed by atoms with Gasteiger partial charge in [0.05, 0.1) is 6.04 Å². The highest BCUT2D eigenvalue weighted by molar-refractivity contribution is 5.95. The number of rotatable bonds is 3. The molecule has 2 rings (SSSR count). The molecule has 0 unspecified atom stereocenters. The van der Waals surface area contributed by atoms with Crippen LogP contribution in [0.15, 0.2) is 36.4 Å². The van der Waals surface area contributed by atoms with Crippen LogP contribution in [0, 0.1) is 13.8 Å². The monoisotopic (exact) mass is 241 g/mol. The molecule has 0 amide bonds. The second-order valence-corrected chi connectivity index (χ2v) is 4.80. The summed E-state index contributed by atoms with van der Waals surface area (Å²) in [7, 11) is 0. The van der Waals surface area contributed by atoms with Crippen molar-refractivity contribution in [2.75, 3.05) is 0 Å².